The Labute approximate surface area is 408 Å². The molecule has 15 nitrogen and oxygen atoms in total. The summed E-state index contributed by atoms with van der Waals surface area (Å²) in [7, 11) is 19.2. The monoisotopic (exact) mass is 959 g/mol. The lowest BCUT2D eigenvalue weighted by Crippen LogP contribution is -2.52. The van der Waals surface area contributed by atoms with Crippen LogP contribution >= 0.6 is 0 Å². The van der Waals surface area contributed by atoms with Crippen LogP contribution in [0.1, 0.15) is 76.7 Å². The van der Waals surface area contributed by atoms with Gasteiger partial charge in [-0.3, -0.25) is 9.59 Å². The number of methoxy groups -OCH3 is 9. The van der Waals surface area contributed by atoms with Crippen molar-refractivity contribution in [1.29, 1.82) is 0 Å². The van der Waals surface area contributed by atoms with Crippen LogP contribution < -0.4 is 42.6 Å². The minimum atomic E-state index is -0.420. The summed E-state index contributed by atoms with van der Waals surface area (Å²) in [6.07, 6.45) is 4.33. The molecule has 15 heteroatoms. The minimum absolute atomic E-state index is 0.0260. The van der Waals surface area contributed by atoms with Crippen molar-refractivity contribution in [1.82, 2.24) is 0 Å². The number of quaternary nitrogens is 2. The molecule has 0 amide bonds. The van der Waals surface area contributed by atoms with E-state index >= 15 is 0 Å². The van der Waals surface area contributed by atoms with Gasteiger partial charge in [0.2, 0.25) is 11.5 Å². The zero-order valence-corrected chi connectivity index (χ0v) is 42.9. The van der Waals surface area contributed by atoms with E-state index in [2.05, 4.69) is 45.3 Å². The lowest BCUT2D eigenvalue weighted by atomic mass is 9.85. The number of aryl methyl sites for hydroxylation is 1. The number of carbonyl (C=O) groups excluding carboxylic acids is 2. The second-order valence-electron chi connectivity index (χ2n) is 18.4. The number of hydrogen-bond acceptors (Lipinski definition) is 13. The summed E-state index contributed by atoms with van der Waals surface area (Å²) < 4.78 is 64.0. The molecule has 0 radical (unpaired) electrons. The minimum Gasteiger partial charge on any atom is -0.496 e. The standard InChI is InChI=1S/C54H74N2O13/c1-35-25-40-38(32-44(35)59-4)17-21-55(2,42(40)26-36-28-47(62-7)53(66-11)48(29-36)63-8)19-13-23-68-51(57)15-16-52(58)69-24-14-20-56(3)22-18-39-33-45(60-5)46(61-6)34-41(39)43(56)27-37-30-49(64-9)54(67-12)50(31-37)65-10/h25,28-34,42-43H,13-24,26-27H2,1-12H3/q+2. The Kier molecular flexibility index (Phi) is 17.8. The average molecular weight is 959 g/mol. The van der Waals surface area contributed by atoms with Crippen molar-refractivity contribution in [3.8, 4) is 51.7 Å². The van der Waals surface area contributed by atoms with Gasteiger partial charge in [0.1, 0.15) is 17.8 Å². The number of rotatable bonds is 24. The Balaban J connectivity index is 1.04. The van der Waals surface area contributed by atoms with Gasteiger partial charge in [-0.25, -0.2) is 0 Å². The van der Waals surface area contributed by atoms with Gasteiger partial charge in [-0.05, 0) is 83.3 Å². The second-order valence-corrected chi connectivity index (χ2v) is 18.4. The van der Waals surface area contributed by atoms with Gasteiger partial charge >= 0.3 is 11.9 Å². The van der Waals surface area contributed by atoms with E-state index in [4.69, 9.17) is 52.1 Å². The van der Waals surface area contributed by atoms with Crippen LogP contribution in [0.15, 0.2) is 48.5 Å². The number of ether oxygens (including phenoxy) is 11. The summed E-state index contributed by atoms with van der Waals surface area (Å²) in [6.45, 7) is 5.86. The molecular weight excluding hydrogens is 885 g/mol. The smallest absolute Gasteiger partial charge is 0.306 e. The number of carbonyl (C=O) groups is 2. The first kappa shape index (κ1) is 52.3. The fourth-order valence-corrected chi connectivity index (χ4v) is 10.4. The molecule has 0 aromatic heterocycles. The third-order valence-electron chi connectivity index (χ3n) is 14.3. The molecule has 0 saturated carbocycles. The van der Waals surface area contributed by atoms with Crippen LogP contribution in [0.25, 0.3) is 0 Å². The highest BCUT2D eigenvalue weighted by atomic mass is 16.6. The SMILES string of the molecule is COc1cc2c(cc1C)C(Cc1cc(OC)c(OC)c(OC)c1)[N+](C)(CCCOC(=O)CCC(=O)OCCC[N+]1(C)CCc3cc(OC)c(OC)cc3C1Cc1cc(OC)c(OC)c(OC)c1)CC2. The van der Waals surface area contributed by atoms with Gasteiger partial charge in [0.15, 0.2) is 34.5 Å². The molecule has 4 aromatic rings. The van der Waals surface area contributed by atoms with E-state index < -0.39 is 11.9 Å². The molecular formula is C54H74N2O13+2. The van der Waals surface area contributed by atoms with Crippen LogP contribution in [0.3, 0.4) is 0 Å². The molecule has 376 valence electrons. The largest absolute Gasteiger partial charge is 0.496 e. The van der Waals surface area contributed by atoms with Crippen LogP contribution in [0.4, 0.5) is 0 Å². The molecule has 0 aliphatic carbocycles. The van der Waals surface area contributed by atoms with Gasteiger partial charge < -0.3 is 61.1 Å². The number of hydrogen-bond donors (Lipinski definition) is 0. The maximum Gasteiger partial charge on any atom is 0.306 e. The van der Waals surface area contributed by atoms with Gasteiger partial charge in [0.05, 0.1) is 130 Å². The number of benzene rings is 4. The lowest BCUT2D eigenvalue weighted by molar-refractivity contribution is -0.941. The van der Waals surface area contributed by atoms with Crippen molar-refractivity contribution in [2.45, 2.75) is 70.4 Å². The summed E-state index contributed by atoms with van der Waals surface area (Å²) >= 11 is 0. The highest BCUT2D eigenvalue weighted by Gasteiger charge is 2.41. The third kappa shape index (κ3) is 11.9. The summed E-state index contributed by atoms with van der Waals surface area (Å²) in [5.41, 5.74) is 8.11. The molecule has 2 aliphatic rings. The molecule has 2 heterocycles. The molecule has 0 saturated heterocycles. The lowest BCUT2D eigenvalue weighted by Gasteiger charge is -2.46. The third-order valence-corrected chi connectivity index (χ3v) is 14.3. The van der Waals surface area contributed by atoms with E-state index in [1.165, 1.54) is 22.3 Å². The molecule has 4 atom stereocenters. The summed E-state index contributed by atoms with van der Waals surface area (Å²) in [5.74, 6) is 4.92. The van der Waals surface area contributed by atoms with E-state index in [0.717, 1.165) is 72.4 Å². The van der Waals surface area contributed by atoms with Crippen LogP contribution in [-0.4, -0.2) is 138 Å². The predicted octanol–water partition coefficient (Wildman–Crippen LogP) is 7.99. The zero-order valence-electron chi connectivity index (χ0n) is 42.9. The van der Waals surface area contributed by atoms with Crippen LogP contribution in [0.5, 0.6) is 51.7 Å². The zero-order chi connectivity index (χ0) is 49.9. The number of nitrogens with zero attached hydrogens (tertiary/aromatic N) is 2. The van der Waals surface area contributed by atoms with Gasteiger partial charge in [-0.2, -0.15) is 0 Å². The van der Waals surface area contributed by atoms with Crippen molar-refractivity contribution >= 4 is 11.9 Å². The van der Waals surface area contributed by atoms with Crippen molar-refractivity contribution in [3.63, 3.8) is 0 Å². The first-order chi connectivity index (χ1) is 33.2. The summed E-state index contributed by atoms with van der Waals surface area (Å²) in [4.78, 5) is 25.9. The Morgan fingerprint density at radius 3 is 1.22 bits per heavy atom. The quantitative estimate of drug-likeness (QED) is 0.0382. The highest BCUT2D eigenvalue weighted by Crippen LogP contribution is 2.46. The van der Waals surface area contributed by atoms with E-state index in [1.807, 2.05) is 24.3 Å². The van der Waals surface area contributed by atoms with E-state index in [9.17, 15) is 9.59 Å². The molecule has 0 spiro atoms. The second kappa shape index (κ2) is 23.5. The maximum absolute atomic E-state index is 13.0. The number of esters is 2. The fourth-order valence-electron chi connectivity index (χ4n) is 10.4. The predicted molar refractivity (Wildman–Crippen MR) is 262 cm³/mol. The van der Waals surface area contributed by atoms with E-state index in [1.54, 1.807) is 64.0 Å². The van der Waals surface area contributed by atoms with E-state index in [-0.39, 0.29) is 38.1 Å². The molecule has 6 rings (SSSR count). The van der Waals surface area contributed by atoms with Gasteiger partial charge in [-0.15, -0.1) is 0 Å². The normalized spacial score (nSPS) is 19.3. The average Bonchev–Trinajstić information content (AvgIpc) is 3.36. The van der Waals surface area contributed by atoms with Crippen molar-refractivity contribution < 1.29 is 70.7 Å². The molecule has 69 heavy (non-hydrogen) atoms. The molecule has 0 fully saturated rings. The number of fused-ring (bicyclic) bond motifs is 2. The summed E-state index contributed by atoms with van der Waals surface area (Å²) in [5, 5.41) is 0. The highest BCUT2D eigenvalue weighted by molar-refractivity contribution is 5.77. The van der Waals surface area contributed by atoms with Gasteiger partial charge in [0.25, 0.3) is 0 Å². The Bertz CT molecular complexity index is 2370. The first-order valence-corrected chi connectivity index (χ1v) is 23.7. The molecule has 0 bridgehead atoms. The van der Waals surface area contributed by atoms with Crippen molar-refractivity contribution in [2.75, 3.05) is 117 Å². The van der Waals surface area contributed by atoms with E-state index in [0.29, 0.717) is 69.7 Å². The molecule has 4 aromatic carbocycles. The van der Waals surface area contributed by atoms with Crippen LogP contribution in [0.2, 0.25) is 0 Å². The van der Waals surface area contributed by atoms with Gasteiger partial charge in [-0.1, -0.05) is 0 Å². The Morgan fingerprint density at radius 2 is 0.841 bits per heavy atom. The first-order valence-electron chi connectivity index (χ1n) is 23.7. The number of likely N-dealkylation sites (N-methyl/N-ethyl adjacent to an activating group) is 2. The Morgan fingerprint density at radius 1 is 0.478 bits per heavy atom. The fraction of sp³-hybridized carbons (Fsp3) is 0.519. The molecule has 4 unspecified atom stereocenters. The maximum atomic E-state index is 13.0. The van der Waals surface area contributed by atoms with Gasteiger partial charge in [0, 0.05) is 49.7 Å². The van der Waals surface area contributed by atoms with Crippen LogP contribution in [-0.2, 0) is 44.7 Å². The molecule has 0 N–H and O–H groups in total. The summed E-state index contributed by atoms with van der Waals surface area (Å²) in [6, 6.07) is 16.8. The molecule has 2 aliphatic heterocycles. The van der Waals surface area contributed by atoms with Crippen molar-refractivity contribution in [2.24, 2.45) is 0 Å². The Hall–Kier alpha value is -6.06. The van der Waals surface area contributed by atoms with Crippen LogP contribution in [0, 0.1) is 6.92 Å². The van der Waals surface area contributed by atoms with Crippen molar-refractivity contribution in [3.05, 3.63) is 87.5 Å². The topological polar surface area (TPSA) is 136 Å².